The highest BCUT2D eigenvalue weighted by Crippen LogP contribution is 2.23. The molecule has 0 aliphatic heterocycles. The summed E-state index contributed by atoms with van der Waals surface area (Å²) in [4.78, 5) is 26.6. The van der Waals surface area contributed by atoms with Crippen LogP contribution in [0.4, 0.5) is 5.95 Å². The monoisotopic (exact) mass is 305 g/mol. The Balaban J connectivity index is 1.94. The molecule has 2 aromatic heterocycles. The summed E-state index contributed by atoms with van der Waals surface area (Å²) in [6.07, 6.45) is 1.40. The fourth-order valence-electron chi connectivity index (χ4n) is 1.73. The Bertz CT molecular complexity index is 848. The topological polar surface area (TPSA) is 124 Å². The summed E-state index contributed by atoms with van der Waals surface area (Å²) in [6, 6.07) is 3.59. The Hall–Kier alpha value is -2.87. The maximum atomic E-state index is 12.0. The number of amides is 1. The van der Waals surface area contributed by atoms with E-state index in [4.69, 9.17) is 11.6 Å². The molecule has 0 radical (unpaired) electrons. The number of nitrogens with one attached hydrogen (secondary N) is 2. The molecule has 9 heteroatoms. The van der Waals surface area contributed by atoms with Gasteiger partial charge in [-0.05, 0) is 18.2 Å². The van der Waals surface area contributed by atoms with Crippen LogP contribution in [0.5, 0.6) is 11.5 Å². The van der Waals surface area contributed by atoms with E-state index in [2.05, 4.69) is 25.3 Å². The predicted octanol–water partition coefficient (Wildman–Crippen LogP) is 1.67. The minimum absolute atomic E-state index is 0.0626. The maximum absolute atomic E-state index is 12.0. The number of phenols is 2. The van der Waals surface area contributed by atoms with Gasteiger partial charge >= 0.3 is 0 Å². The molecule has 0 bridgehead atoms. The summed E-state index contributed by atoms with van der Waals surface area (Å²) in [6.45, 7) is 0. The average molecular weight is 306 g/mol. The second-order valence-corrected chi connectivity index (χ2v) is 4.45. The third kappa shape index (κ3) is 2.43. The van der Waals surface area contributed by atoms with Crippen molar-refractivity contribution in [3.8, 4) is 11.5 Å². The van der Waals surface area contributed by atoms with Gasteiger partial charge in [0.2, 0.25) is 5.95 Å². The van der Waals surface area contributed by atoms with Gasteiger partial charge in [0.25, 0.3) is 5.91 Å². The number of H-pyrrole nitrogens is 1. The second kappa shape index (κ2) is 4.91. The van der Waals surface area contributed by atoms with E-state index in [9.17, 15) is 15.0 Å². The van der Waals surface area contributed by atoms with Gasteiger partial charge < -0.3 is 15.2 Å². The molecule has 0 saturated carbocycles. The number of aromatic hydroxyl groups is 2. The molecule has 0 aliphatic carbocycles. The highest BCUT2D eigenvalue weighted by atomic mass is 35.5. The molecular formula is C12H8ClN5O3. The van der Waals surface area contributed by atoms with Crippen LogP contribution >= 0.6 is 11.6 Å². The van der Waals surface area contributed by atoms with Crippen LogP contribution in [0, 0.1) is 0 Å². The van der Waals surface area contributed by atoms with Gasteiger partial charge in [-0.2, -0.15) is 9.97 Å². The Labute approximate surface area is 122 Å². The van der Waals surface area contributed by atoms with Crippen molar-refractivity contribution < 1.29 is 15.0 Å². The van der Waals surface area contributed by atoms with Crippen molar-refractivity contribution in [1.82, 2.24) is 19.9 Å². The minimum atomic E-state index is -0.686. The van der Waals surface area contributed by atoms with Crippen LogP contribution in [-0.2, 0) is 0 Å². The number of hydrogen-bond acceptors (Lipinski definition) is 6. The van der Waals surface area contributed by atoms with Gasteiger partial charge in [-0.15, -0.1) is 0 Å². The summed E-state index contributed by atoms with van der Waals surface area (Å²) in [5.41, 5.74) is 0.636. The lowest BCUT2D eigenvalue weighted by atomic mass is 10.2. The molecule has 3 aromatic rings. The van der Waals surface area contributed by atoms with Crippen LogP contribution in [0.1, 0.15) is 10.4 Å². The smallest absolute Gasteiger partial charge is 0.261 e. The second-order valence-electron chi connectivity index (χ2n) is 4.09. The molecule has 4 N–H and O–H groups in total. The molecule has 0 saturated heterocycles. The first kappa shape index (κ1) is 13.1. The fraction of sp³-hybridized carbons (Fsp3) is 0. The van der Waals surface area contributed by atoms with Crippen LogP contribution in [0.15, 0.2) is 24.5 Å². The summed E-state index contributed by atoms with van der Waals surface area (Å²) >= 11 is 5.93. The predicted molar refractivity (Wildman–Crippen MR) is 74.4 cm³/mol. The first-order valence-electron chi connectivity index (χ1n) is 5.74. The Morgan fingerprint density at radius 1 is 1.29 bits per heavy atom. The van der Waals surface area contributed by atoms with Gasteiger partial charge in [0, 0.05) is 0 Å². The molecule has 0 atom stereocenters. The van der Waals surface area contributed by atoms with E-state index < -0.39 is 5.91 Å². The Morgan fingerprint density at radius 2 is 2.10 bits per heavy atom. The Morgan fingerprint density at radius 3 is 2.90 bits per heavy atom. The maximum Gasteiger partial charge on any atom is 0.261 e. The first-order valence-corrected chi connectivity index (χ1v) is 6.12. The van der Waals surface area contributed by atoms with Crippen molar-refractivity contribution >= 4 is 34.6 Å². The number of fused-ring (bicyclic) bond motifs is 1. The molecule has 0 fully saturated rings. The highest BCUT2D eigenvalue weighted by Gasteiger charge is 2.15. The molecule has 3 rings (SSSR count). The molecule has 0 spiro atoms. The van der Waals surface area contributed by atoms with E-state index in [-0.39, 0.29) is 28.2 Å². The molecule has 1 amide bonds. The van der Waals surface area contributed by atoms with Crippen LogP contribution < -0.4 is 5.32 Å². The molecule has 106 valence electrons. The van der Waals surface area contributed by atoms with Crippen LogP contribution in [-0.4, -0.2) is 36.1 Å². The third-order valence-corrected chi connectivity index (χ3v) is 2.97. The van der Waals surface area contributed by atoms with E-state index in [1.54, 1.807) is 0 Å². The van der Waals surface area contributed by atoms with Gasteiger partial charge in [0.05, 0.1) is 11.9 Å². The van der Waals surface area contributed by atoms with Crippen molar-refractivity contribution in [3.63, 3.8) is 0 Å². The number of benzene rings is 1. The van der Waals surface area contributed by atoms with Gasteiger partial charge in [-0.3, -0.25) is 10.1 Å². The highest BCUT2D eigenvalue weighted by molar-refractivity contribution is 6.33. The van der Waals surface area contributed by atoms with E-state index in [1.807, 2.05) is 0 Å². The van der Waals surface area contributed by atoms with Crippen LogP contribution in [0.2, 0.25) is 5.15 Å². The number of rotatable bonds is 2. The van der Waals surface area contributed by atoms with Gasteiger partial charge in [0.1, 0.15) is 17.0 Å². The number of hydrogen-bond donors (Lipinski definition) is 4. The SMILES string of the molecule is O=C(Nc1nc(Cl)c2[nH]cnc2n1)c1cc(O)ccc1O. The van der Waals surface area contributed by atoms with Gasteiger partial charge in [-0.25, -0.2) is 4.98 Å². The molecule has 21 heavy (non-hydrogen) atoms. The first-order chi connectivity index (χ1) is 10.0. The molecule has 2 heterocycles. The number of phenolic OH excluding ortho intramolecular Hbond substituents is 2. The summed E-state index contributed by atoms with van der Waals surface area (Å²) in [7, 11) is 0. The number of aromatic amines is 1. The number of aromatic nitrogens is 4. The van der Waals surface area contributed by atoms with Gasteiger partial charge in [0.15, 0.2) is 10.8 Å². The van der Waals surface area contributed by atoms with Crippen LogP contribution in [0.25, 0.3) is 11.2 Å². The lowest BCUT2D eigenvalue weighted by Gasteiger charge is -2.06. The number of halogens is 1. The summed E-state index contributed by atoms with van der Waals surface area (Å²) < 4.78 is 0. The largest absolute Gasteiger partial charge is 0.508 e. The van der Waals surface area contributed by atoms with E-state index in [0.717, 1.165) is 6.07 Å². The summed E-state index contributed by atoms with van der Waals surface area (Å²) in [5.74, 6) is -1.18. The zero-order chi connectivity index (χ0) is 15.0. The number of anilines is 1. The lowest BCUT2D eigenvalue weighted by molar-refractivity contribution is 0.102. The van der Waals surface area contributed by atoms with E-state index in [0.29, 0.717) is 11.2 Å². The zero-order valence-corrected chi connectivity index (χ0v) is 11.1. The van der Waals surface area contributed by atoms with Crippen molar-refractivity contribution in [2.45, 2.75) is 0 Å². The minimum Gasteiger partial charge on any atom is -0.508 e. The quantitative estimate of drug-likeness (QED) is 0.422. The lowest BCUT2D eigenvalue weighted by Crippen LogP contribution is -2.14. The zero-order valence-electron chi connectivity index (χ0n) is 10.3. The van der Waals surface area contributed by atoms with Crippen molar-refractivity contribution in [2.75, 3.05) is 5.32 Å². The average Bonchev–Trinajstić information content (AvgIpc) is 2.90. The standard InChI is InChI=1S/C12H8ClN5O3/c13-9-8-10(15-4-14-8)17-12(16-9)18-11(21)6-3-5(19)1-2-7(6)20/h1-4,19-20H,(H2,14,15,16,17,18,21). The molecule has 0 aliphatic rings. The van der Waals surface area contributed by atoms with Crippen LogP contribution in [0.3, 0.4) is 0 Å². The molecular weight excluding hydrogens is 298 g/mol. The van der Waals surface area contributed by atoms with E-state index >= 15 is 0 Å². The number of imidazole rings is 1. The van der Waals surface area contributed by atoms with Gasteiger partial charge in [-0.1, -0.05) is 11.6 Å². The fourth-order valence-corrected chi connectivity index (χ4v) is 1.95. The van der Waals surface area contributed by atoms with E-state index in [1.165, 1.54) is 18.5 Å². The van der Waals surface area contributed by atoms with Crippen molar-refractivity contribution in [3.05, 3.63) is 35.2 Å². The number of nitrogens with zero attached hydrogens (tertiary/aromatic N) is 3. The Kier molecular flexibility index (Phi) is 3.07. The number of carbonyl (C=O) groups is 1. The van der Waals surface area contributed by atoms with Crippen molar-refractivity contribution in [1.29, 1.82) is 0 Å². The third-order valence-electron chi connectivity index (χ3n) is 2.69. The summed E-state index contributed by atoms with van der Waals surface area (Å²) in [5, 5.41) is 21.5. The molecule has 0 unspecified atom stereocenters. The molecule has 8 nitrogen and oxygen atoms in total. The van der Waals surface area contributed by atoms with Crippen molar-refractivity contribution in [2.24, 2.45) is 0 Å². The number of carbonyl (C=O) groups excluding carboxylic acids is 1. The molecule has 1 aromatic carbocycles. The normalized spacial score (nSPS) is 10.7.